The van der Waals surface area contributed by atoms with Crippen molar-refractivity contribution in [2.45, 2.75) is 12.5 Å². The molecule has 2 aromatic heterocycles. The maximum absolute atomic E-state index is 5.98. The van der Waals surface area contributed by atoms with Crippen LogP contribution in [0, 0.1) is 0 Å². The minimum absolute atomic E-state index is 0.317. The molecule has 0 aliphatic carbocycles. The van der Waals surface area contributed by atoms with E-state index in [0.717, 1.165) is 5.56 Å². The number of rotatable bonds is 4. The molecular formula is C9H13N5O2. The lowest BCUT2D eigenvalue weighted by molar-refractivity contribution is 0.135. The first-order valence-electron chi connectivity index (χ1n) is 4.74. The van der Waals surface area contributed by atoms with Crippen LogP contribution in [0.5, 0.6) is 0 Å². The zero-order valence-electron chi connectivity index (χ0n) is 9.10. The summed E-state index contributed by atoms with van der Waals surface area (Å²) in [6.45, 7) is 2.10. The van der Waals surface area contributed by atoms with Crippen LogP contribution in [0.3, 0.4) is 0 Å². The summed E-state index contributed by atoms with van der Waals surface area (Å²) >= 11 is 0. The van der Waals surface area contributed by atoms with E-state index in [4.69, 9.17) is 15.0 Å². The second-order valence-electron chi connectivity index (χ2n) is 3.76. The highest BCUT2D eigenvalue weighted by molar-refractivity contribution is 5.49. The molecule has 0 aliphatic heterocycles. The van der Waals surface area contributed by atoms with Crippen LogP contribution in [0.2, 0.25) is 0 Å². The number of nitrogens with two attached hydrogens (primary N) is 1. The van der Waals surface area contributed by atoms with Gasteiger partial charge in [0, 0.05) is 13.3 Å². The fourth-order valence-electron chi connectivity index (χ4n) is 1.30. The van der Waals surface area contributed by atoms with E-state index in [-0.39, 0.29) is 0 Å². The molecule has 86 valence electrons. The number of nitrogens with one attached hydrogen (secondary N) is 1. The molecule has 0 fully saturated rings. The lowest BCUT2D eigenvalue weighted by Crippen LogP contribution is -2.38. The van der Waals surface area contributed by atoms with Gasteiger partial charge in [-0.05, 0) is 6.92 Å². The average Bonchev–Trinajstić information content (AvgIpc) is 2.89. The third-order valence-corrected chi connectivity index (χ3v) is 2.13. The van der Waals surface area contributed by atoms with Crippen molar-refractivity contribution in [1.29, 1.82) is 0 Å². The molecule has 2 rings (SSSR count). The highest BCUT2D eigenvalue weighted by Crippen LogP contribution is 2.20. The van der Waals surface area contributed by atoms with Gasteiger partial charge in [-0.2, -0.15) is 10.1 Å². The topological polar surface area (TPSA) is 103 Å². The third kappa shape index (κ3) is 1.95. The Kier molecular flexibility index (Phi) is 2.71. The molecule has 7 heteroatoms. The van der Waals surface area contributed by atoms with Gasteiger partial charge >= 0.3 is 0 Å². The molecule has 7 nitrogen and oxygen atoms in total. The predicted octanol–water partition coefficient (Wildman–Crippen LogP) is 0.280. The molecule has 0 spiro atoms. The van der Waals surface area contributed by atoms with Crippen LogP contribution in [-0.2, 0) is 10.3 Å². The van der Waals surface area contributed by atoms with Crippen molar-refractivity contribution in [2.24, 2.45) is 5.73 Å². The Morgan fingerprint density at radius 3 is 3.06 bits per heavy atom. The molecule has 0 saturated carbocycles. The van der Waals surface area contributed by atoms with Crippen molar-refractivity contribution in [3.05, 3.63) is 18.2 Å². The van der Waals surface area contributed by atoms with E-state index in [9.17, 15) is 0 Å². The summed E-state index contributed by atoms with van der Waals surface area (Å²) in [4.78, 5) is 4.20. The SMILES string of the molecule is COCC(C)(N)c1noc(-c2cn[nH]c2)n1. The van der Waals surface area contributed by atoms with Crippen molar-refractivity contribution in [1.82, 2.24) is 20.3 Å². The normalized spacial score (nSPS) is 14.9. The van der Waals surface area contributed by atoms with E-state index in [1.165, 1.54) is 0 Å². The summed E-state index contributed by atoms with van der Waals surface area (Å²) in [6, 6.07) is 0. The Morgan fingerprint density at radius 2 is 2.44 bits per heavy atom. The highest BCUT2D eigenvalue weighted by Gasteiger charge is 2.27. The van der Waals surface area contributed by atoms with Gasteiger partial charge in [-0.3, -0.25) is 5.10 Å². The van der Waals surface area contributed by atoms with E-state index >= 15 is 0 Å². The van der Waals surface area contributed by atoms with Gasteiger partial charge in [-0.15, -0.1) is 0 Å². The van der Waals surface area contributed by atoms with Gasteiger partial charge in [0.05, 0.1) is 18.4 Å². The van der Waals surface area contributed by atoms with Crippen molar-refractivity contribution in [3.63, 3.8) is 0 Å². The predicted molar refractivity (Wildman–Crippen MR) is 55.3 cm³/mol. The van der Waals surface area contributed by atoms with Gasteiger partial charge in [0.25, 0.3) is 5.89 Å². The number of nitrogens with zero attached hydrogens (tertiary/aromatic N) is 3. The largest absolute Gasteiger partial charge is 0.382 e. The smallest absolute Gasteiger partial charge is 0.261 e. The van der Waals surface area contributed by atoms with Crippen LogP contribution >= 0.6 is 0 Å². The molecule has 0 amide bonds. The fourth-order valence-corrected chi connectivity index (χ4v) is 1.30. The number of H-pyrrole nitrogens is 1. The summed E-state index contributed by atoms with van der Waals surface area (Å²) in [5, 5.41) is 10.3. The quantitative estimate of drug-likeness (QED) is 0.771. The molecule has 0 saturated heterocycles. The zero-order chi connectivity index (χ0) is 11.6. The molecule has 0 radical (unpaired) electrons. The third-order valence-electron chi connectivity index (χ3n) is 2.13. The van der Waals surface area contributed by atoms with Gasteiger partial charge in [-0.1, -0.05) is 5.16 Å². The molecule has 0 aliphatic rings. The van der Waals surface area contributed by atoms with Gasteiger partial charge in [0.15, 0.2) is 5.82 Å². The number of hydrogen-bond donors (Lipinski definition) is 2. The lowest BCUT2D eigenvalue weighted by atomic mass is 10.1. The second kappa shape index (κ2) is 4.03. The van der Waals surface area contributed by atoms with Gasteiger partial charge < -0.3 is 15.0 Å². The fraction of sp³-hybridized carbons (Fsp3) is 0.444. The van der Waals surface area contributed by atoms with Crippen LogP contribution in [0.15, 0.2) is 16.9 Å². The lowest BCUT2D eigenvalue weighted by Gasteiger charge is -2.18. The Morgan fingerprint density at radius 1 is 1.62 bits per heavy atom. The Labute approximate surface area is 92.0 Å². The standard InChI is InChI=1S/C9H13N5O2/c1-9(10,5-15-2)8-13-7(16-14-8)6-3-11-12-4-6/h3-4H,5,10H2,1-2H3,(H,11,12). The van der Waals surface area contributed by atoms with Crippen molar-refractivity contribution in [2.75, 3.05) is 13.7 Å². The minimum atomic E-state index is -0.764. The van der Waals surface area contributed by atoms with Crippen molar-refractivity contribution in [3.8, 4) is 11.5 Å². The molecule has 0 bridgehead atoms. The zero-order valence-corrected chi connectivity index (χ0v) is 9.10. The van der Waals surface area contributed by atoms with E-state index in [1.54, 1.807) is 26.4 Å². The maximum Gasteiger partial charge on any atom is 0.261 e. The molecule has 2 heterocycles. The van der Waals surface area contributed by atoms with Crippen LogP contribution in [0.25, 0.3) is 11.5 Å². The van der Waals surface area contributed by atoms with Crippen LogP contribution < -0.4 is 5.73 Å². The Balaban J connectivity index is 2.26. The summed E-state index contributed by atoms with van der Waals surface area (Å²) in [7, 11) is 1.57. The van der Waals surface area contributed by atoms with E-state index in [2.05, 4.69) is 20.3 Å². The molecule has 3 N–H and O–H groups in total. The number of aromatic nitrogens is 4. The van der Waals surface area contributed by atoms with Gasteiger partial charge in [-0.25, -0.2) is 0 Å². The molecule has 1 atom stereocenters. The van der Waals surface area contributed by atoms with Crippen molar-refractivity contribution >= 4 is 0 Å². The Bertz CT molecular complexity index is 448. The average molecular weight is 223 g/mol. The van der Waals surface area contributed by atoms with Crippen LogP contribution in [0.4, 0.5) is 0 Å². The minimum Gasteiger partial charge on any atom is -0.382 e. The van der Waals surface area contributed by atoms with E-state index in [0.29, 0.717) is 18.3 Å². The number of aromatic amines is 1. The second-order valence-corrected chi connectivity index (χ2v) is 3.76. The van der Waals surface area contributed by atoms with E-state index < -0.39 is 5.54 Å². The summed E-state index contributed by atoms with van der Waals surface area (Å²) in [5.74, 6) is 0.794. The number of methoxy groups -OCH3 is 1. The first kappa shape index (κ1) is 10.8. The first-order chi connectivity index (χ1) is 7.63. The van der Waals surface area contributed by atoms with Crippen molar-refractivity contribution < 1.29 is 9.26 Å². The molecule has 1 unspecified atom stereocenters. The number of hydrogen-bond acceptors (Lipinski definition) is 6. The maximum atomic E-state index is 5.98. The Hall–Kier alpha value is -1.73. The first-order valence-corrected chi connectivity index (χ1v) is 4.74. The van der Waals surface area contributed by atoms with Crippen LogP contribution in [-0.4, -0.2) is 34.1 Å². The highest BCUT2D eigenvalue weighted by atomic mass is 16.5. The van der Waals surface area contributed by atoms with E-state index in [1.807, 2.05) is 0 Å². The summed E-state index contributed by atoms with van der Waals surface area (Å²) in [6.07, 6.45) is 3.27. The summed E-state index contributed by atoms with van der Waals surface area (Å²) in [5.41, 5.74) is 5.95. The van der Waals surface area contributed by atoms with Gasteiger partial charge in [0.1, 0.15) is 5.54 Å². The molecular weight excluding hydrogens is 210 g/mol. The van der Waals surface area contributed by atoms with Crippen LogP contribution in [0.1, 0.15) is 12.7 Å². The molecule has 0 aromatic carbocycles. The summed E-state index contributed by atoms with van der Waals surface area (Å²) < 4.78 is 10.1. The molecule has 16 heavy (non-hydrogen) atoms. The molecule has 2 aromatic rings. The van der Waals surface area contributed by atoms with Gasteiger partial charge in [0.2, 0.25) is 0 Å². The monoisotopic (exact) mass is 223 g/mol. The number of ether oxygens (including phenoxy) is 1.